The summed E-state index contributed by atoms with van der Waals surface area (Å²) < 4.78 is 3.78. The molecular weight excluding hydrogens is 328 g/mol. The fourth-order valence-electron chi connectivity index (χ4n) is 3.42. The fraction of sp³-hybridized carbons (Fsp3) is 0.316. The molecule has 0 radical (unpaired) electrons. The highest BCUT2D eigenvalue weighted by Gasteiger charge is 2.31. The van der Waals surface area contributed by atoms with Crippen LogP contribution in [0.5, 0.6) is 0 Å². The molecule has 0 bridgehead atoms. The smallest absolute Gasteiger partial charge is 0.241 e. The van der Waals surface area contributed by atoms with Crippen molar-refractivity contribution >= 4 is 11.6 Å². The Labute approximate surface area is 152 Å². The zero-order valence-electron chi connectivity index (χ0n) is 14.7. The Hall–Kier alpha value is -2.93. The third kappa shape index (κ3) is 3.39. The number of imidazole rings is 1. The number of carbonyl (C=O) groups is 1. The van der Waals surface area contributed by atoms with Crippen LogP contribution in [0, 0.1) is 0 Å². The second-order valence-electron chi connectivity index (χ2n) is 6.57. The molecule has 2 aromatic heterocycles. The SMILES string of the molecule is Cn1ccnc1CN1CCCC1C(=O)Nc1cccc(-n2cccn2)c1. The van der Waals surface area contributed by atoms with Gasteiger partial charge in [-0.25, -0.2) is 9.67 Å². The van der Waals surface area contributed by atoms with E-state index in [0.29, 0.717) is 6.54 Å². The molecule has 26 heavy (non-hydrogen) atoms. The molecule has 1 N–H and O–H groups in total. The summed E-state index contributed by atoms with van der Waals surface area (Å²) in [5.41, 5.74) is 1.70. The van der Waals surface area contributed by atoms with Crippen molar-refractivity contribution in [3.63, 3.8) is 0 Å². The molecule has 0 spiro atoms. The van der Waals surface area contributed by atoms with E-state index in [1.807, 2.05) is 54.3 Å². The molecule has 7 heteroatoms. The lowest BCUT2D eigenvalue weighted by molar-refractivity contribution is -0.120. The number of aromatic nitrogens is 4. The quantitative estimate of drug-likeness (QED) is 0.766. The van der Waals surface area contributed by atoms with Gasteiger partial charge in [0.2, 0.25) is 5.91 Å². The first-order chi connectivity index (χ1) is 12.7. The molecule has 1 unspecified atom stereocenters. The van der Waals surface area contributed by atoms with Crippen LogP contribution in [0.3, 0.4) is 0 Å². The second kappa shape index (κ2) is 7.13. The van der Waals surface area contributed by atoms with Crippen LogP contribution in [0.1, 0.15) is 18.7 Å². The van der Waals surface area contributed by atoms with E-state index < -0.39 is 0 Å². The standard InChI is InChI=1S/C19H22N6O/c1-23-12-9-20-18(23)14-24-10-3-7-17(24)19(26)22-15-5-2-6-16(13-15)25-11-4-8-21-25/h2,4-6,8-9,11-13,17H,3,7,10,14H2,1H3,(H,22,26). The molecule has 0 saturated carbocycles. The minimum Gasteiger partial charge on any atom is -0.337 e. The number of nitrogens with one attached hydrogen (secondary N) is 1. The van der Waals surface area contributed by atoms with Crippen LogP contribution in [-0.4, -0.2) is 42.7 Å². The molecule has 4 rings (SSSR count). The van der Waals surface area contributed by atoms with Gasteiger partial charge in [-0.1, -0.05) is 6.07 Å². The van der Waals surface area contributed by atoms with Gasteiger partial charge in [0.25, 0.3) is 0 Å². The maximum absolute atomic E-state index is 12.8. The van der Waals surface area contributed by atoms with Crippen molar-refractivity contribution in [2.24, 2.45) is 7.05 Å². The zero-order chi connectivity index (χ0) is 17.9. The van der Waals surface area contributed by atoms with E-state index in [1.165, 1.54) is 0 Å². The Morgan fingerprint density at radius 3 is 2.96 bits per heavy atom. The van der Waals surface area contributed by atoms with E-state index in [4.69, 9.17) is 0 Å². The highest BCUT2D eigenvalue weighted by atomic mass is 16.2. The van der Waals surface area contributed by atoms with Crippen LogP contribution in [-0.2, 0) is 18.4 Å². The highest BCUT2D eigenvalue weighted by molar-refractivity contribution is 5.95. The van der Waals surface area contributed by atoms with Crippen LogP contribution in [0.4, 0.5) is 5.69 Å². The molecule has 1 atom stereocenters. The third-order valence-electron chi connectivity index (χ3n) is 4.81. The first-order valence-electron chi connectivity index (χ1n) is 8.82. The van der Waals surface area contributed by atoms with E-state index in [1.54, 1.807) is 17.1 Å². The molecular formula is C19H22N6O. The van der Waals surface area contributed by atoms with Crippen molar-refractivity contribution < 1.29 is 4.79 Å². The van der Waals surface area contributed by atoms with Gasteiger partial charge >= 0.3 is 0 Å². The maximum Gasteiger partial charge on any atom is 0.241 e. The molecule has 3 aromatic rings. The van der Waals surface area contributed by atoms with Crippen molar-refractivity contribution in [1.82, 2.24) is 24.2 Å². The predicted molar refractivity (Wildman–Crippen MR) is 98.8 cm³/mol. The molecule has 134 valence electrons. The minimum atomic E-state index is -0.125. The molecule has 1 fully saturated rings. The van der Waals surface area contributed by atoms with E-state index in [0.717, 1.165) is 36.6 Å². The van der Waals surface area contributed by atoms with Gasteiger partial charge in [0.1, 0.15) is 5.82 Å². The molecule has 3 heterocycles. The van der Waals surface area contributed by atoms with Gasteiger partial charge in [0.05, 0.1) is 18.3 Å². The van der Waals surface area contributed by atoms with Gasteiger partial charge in [-0.05, 0) is 43.7 Å². The summed E-state index contributed by atoms with van der Waals surface area (Å²) in [4.78, 5) is 19.4. The van der Waals surface area contributed by atoms with Gasteiger partial charge in [-0.3, -0.25) is 9.69 Å². The number of anilines is 1. The first-order valence-corrected chi connectivity index (χ1v) is 8.82. The number of likely N-dealkylation sites (tertiary alicyclic amines) is 1. The molecule has 1 aliphatic heterocycles. The van der Waals surface area contributed by atoms with Crippen LogP contribution in [0.25, 0.3) is 5.69 Å². The zero-order valence-corrected chi connectivity index (χ0v) is 14.7. The monoisotopic (exact) mass is 350 g/mol. The summed E-state index contributed by atoms with van der Waals surface area (Å²) in [5, 5.41) is 7.29. The summed E-state index contributed by atoms with van der Waals surface area (Å²) >= 11 is 0. The lowest BCUT2D eigenvalue weighted by atomic mass is 10.2. The van der Waals surface area contributed by atoms with Crippen LogP contribution in [0.2, 0.25) is 0 Å². The van der Waals surface area contributed by atoms with Crippen LogP contribution < -0.4 is 5.32 Å². The Bertz CT molecular complexity index is 885. The second-order valence-corrected chi connectivity index (χ2v) is 6.57. The third-order valence-corrected chi connectivity index (χ3v) is 4.81. The lowest BCUT2D eigenvalue weighted by Gasteiger charge is -2.23. The van der Waals surface area contributed by atoms with Crippen molar-refractivity contribution in [3.8, 4) is 5.69 Å². The van der Waals surface area contributed by atoms with Gasteiger partial charge in [0.15, 0.2) is 0 Å². The molecule has 1 aliphatic rings. The van der Waals surface area contributed by atoms with Crippen molar-refractivity contribution in [1.29, 1.82) is 0 Å². The van der Waals surface area contributed by atoms with E-state index in [9.17, 15) is 4.79 Å². The molecule has 1 aromatic carbocycles. The normalized spacial score (nSPS) is 17.5. The van der Waals surface area contributed by atoms with Crippen molar-refractivity contribution in [3.05, 3.63) is 60.9 Å². The Kier molecular flexibility index (Phi) is 4.53. The van der Waals surface area contributed by atoms with Crippen LogP contribution in [0.15, 0.2) is 55.1 Å². The number of aryl methyl sites for hydroxylation is 1. The fourth-order valence-corrected chi connectivity index (χ4v) is 3.42. The number of amides is 1. The maximum atomic E-state index is 12.8. The largest absolute Gasteiger partial charge is 0.337 e. The Morgan fingerprint density at radius 1 is 1.27 bits per heavy atom. The van der Waals surface area contributed by atoms with E-state index >= 15 is 0 Å². The topological polar surface area (TPSA) is 68.0 Å². The number of hydrogen-bond donors (Lipinski definition) is 1. The Morgan fingerprint density at radius 2 is 2.19 bits per heavy atom. The van der Waals surface area contributed by atoms with Crippen molar-refractivity contribution in [2.45, 2.75) is 25.4 Å². The minimum absolute atomic E-state index is 0.0364. The summed E-state index contributed by atoms with van der Waals surface area (Å²) in [6.07, 6.45) is 9.24. The summed E-state index contributed by atoms with van der Waals surface area (Å²) in [6, 6.07) is 9.48. The predicted octanol–water partition coefficient (Wildman–Crippen LogP) is 2.21. The van der Waals surface area contributed by atoms with Gasteiger partial charge < -0.3 is 9.88 Å². The first kappa shape index (κ1) is 16.5. The number of nitrogens with zero attached hydrogens (tertiary/aromatic N) is 5. The van der Waals surface area contributed by atoms with Gasteiger partial charge in [-0.2, -0.15) is 5.10 Å². The van der Waals surface area contributed by atoms with Crippen LogP contribution >= 0.6 is 0 Å². The molecule has 7 nitrogen and oxygen atoms in total. The Balaban J connectivity index is 1.46. The summed E-state index contributed by atoms with van der Waals surface area (Å²) in [6.45, 7) is 1.60. The van der Waals surface area contributed by atoms with Gasteiger partial charge in [0, 0.05) is 37.5 Å². The number of hydrogen-bond acceptors (Lipinski definition) is 4. The highest BCUT2D eigenvalue weighted by Crippen LogP contribution is 2.22. The van der Waals surface area contributed by atoms with E-state index in [-0.39, 0.29) is 11.9 Å². The molecule has 0 aliphatic carbocycles. The molecule has 1 saturated heterocycles. The van der Waals surface area contributed by atoms with E-state index in [2.05, 4.69) is 20.3 Å². The number of carbonyl (C=O) groups excluding carboxylic acids is 1. The number of rotatable bonds is 5. The lowest BCUT2D eigenvalue weighted by Crippen LogP contribution is -2.39. The van der Waals surface area contributed by atoms with Gasteiger partial charge in [-0.15, -0.1) is 0 Å². The summed E-state index contributed by atoms with van der Waals surface area (Å²) in [7, 11) is 1.98. The van der Waals surface area contributed by atoms with Crippen molar-refractivity contribution in [2.75, 3.05) is 11.9 Å². The summed E-state index contributed by atoms with van der Waals surface area (Å²) in [5.74, 6) is 1.01. The average Bonchev–Trinajstić information content (AvgIpc) is 3.38. The number of benzene rings is 1. The average molecular weight is 350 g/mol. The molecule has 1 amide bonds.